The molecule has 0 bridgehead atoms. The predicted octanol–water partition coefficient (Wildman–Crippen LogP) is 5.58. The van der Waals surface area contributed by atoms with Crippen LogP contribution in [0, 0.1) is 0 Å². The summed E-state index contributed by atoms with van der Waals surface area (Å²) in [4.78, 5) is 15.1. The number of nitrogens with one attached hydrogen (secondary N) is 1. The van der Waals surface area contributed by atoms with Gasteiger partial charge in [-0.3, -0.25) is 10.1 Å². The van der Waals surface area contributed by atoms with E-state index in [0.29, 0.717) is 54.3 Å². The number of nitrogens with zero attached hydrogens (tertiary/aromatic N) is 1. The average Bonchev–Trinajstić information content (AvgIpc) is 2.82. The smallest absolute Gasteiger partial charge is 0.257 e. The summed E-state index contributed by atoms with van der Waals surface area (Å²) in [6.07, 6.45) is 0. The van der Waals surface area contributed by atoms with Crippen molar-refractivity contribution in [2.45, 2.75) is 27.7 Å². The Morgan fingerprint density at radius 3 is 2.09 bits per heavy atom. The molecule has 0 aliphatic rings. The van der Waals surface area contributed by atoms with Crippen molar-refractivity contribution in [1.29, 1.82) is 0 Å². The van der Waals surface area contributed by atoms with E-state index in [4.69, 9.17) is 26.4 Å². The molecular formula is C26H30N2O4S. The summed E-state index contributed by atoms with van der Waals surface area (Å²) in [6.45, 7) is 9.55. The highest BCUT2D eigenvalue weighted by Crippen LogP contribution is 2.39. The fourth-order valence-electron chi connectivity index (χ4n) is 3.62. The number of anilines is 1. The van der Waals surface area contributed by atoms with Crippen LogP contribution in [0.2, 0.25) is 0 Å². The number of hydrogen-bond donors (Lipinski definition) is 1. The number of hydrogen-bond acceptors (Lipinski definition) is 5. The molecule has 3 rings (SSSR count). The minimum atomic E-state index is -0.344. The van der Waals surface area contributed by atoms with Gasteiger partial charge in [-0.2, -0.15) is 0 Å². The molecule has 1 N–H and O–H groups in total. The third kappa shape index (κ3) is 5.54. The Morgan fingerprint density at radius 1 is 0.879 bits per heavy atom. The van der Waals surface area contributed by atoms with Crippen molar-refractivity contribution >= 4 is 39.7 Å². The number of carbonyl (C=O) groups excluding carboxylic acids is 1. The van der Waals surface area contributed by atoms with Crippen molar-refractivity contribution in [3.8, 4) is 17.2 Å². The van der Waals surface area contributed by atoms with E-state index in [2.05, 4.69) is 17.4 Å². The van der Waals surface area contributed by atoms with Gasteiger partial charge in [0.2, 0.25) is 5.75 Å². The number of rotatable bonds is 9. The normalized spacial score (nSPS) is 10.5. The molecule has 3 aromatic carbocycles. The first-order valence-electron chi connectivity index (χ1n) is 11.2. The van der Waals surface area contributed by atoms with E-state index >= 15 is 0 Å². The lowest BCUT2D eigenvalue weighted by Gasteiger charge is -2.25. The SMILES string of the molecule is CCOc1cc(C(=O)NC(=S)N(CC)c2cccc3ccccc23)cc(OCC)c1OCC. The zero-order chi connectivity index (χ0) is 23.8. The maximum Gasteiger partial charge on any atom is 0.257 e. The quantitative estimate of drug-likeness (QED) is 0.416. The van der Waals surface area contributed by atoms with Crippen LogP contribution in [0.1, 0.15) is 38.1 Å². The monoisotopic (exact) mass is 466 g/mol. The molecule has 0 aromatic heterocycles. The van der Waals surface area contributed by atoms with Crippen LogP contribution in [0.15, 0.2) is 54.6 Å². The summed E-state index contributed by atoms with van der Waals surface area (Å²) in [5.41, 5.74) is 1.32. The van der Waals surface area contributed by atoms with Gasteiger partial charge in [-0.1, -0.05) is 36.4 Å². The highest BCUT2D eigenvalue weighted by Gasteiger charge is 2.21. The summed E-state index contributed by atoms with van der Waals surface area (Å²) in [5, 5.41) is 5.36. The van der Waals surface area contributed by atoms with Crippen molar-refractivity contribution in [3.63, 3.8) is 0 Å². The Kier molecular flexibility index (Phi) is 8.49. The van der Waals surface area contributed by atoms with Gasteiger partial charge < -0.3 is 19.1 Å². The van der Waals surface area contributed by atoms with Gasteiger partial charge in [0.25, 0.3) is 5.91 Å². The lowest BCUT2D eigenvalue weighted by atomic mass is 10.1. The fraction of sp³-hybridized carbons (Fsp3) is 0.308. The van der Waals surface area contributed by atoms with Gasteiger partial charge in [0, 0.05) is 17.5 Å². The molecule has 0 saturated heterocycles. The average molecular weight is 467 g/mol. The summed E-state index contributed by atoms with van der Waals surface area (Å²) in [6, 6.07) is 17.4. The van der Waals surface area contributed by atoms with Crippen LogP contribution >= 0.6 is 12.2 Å². The Hall–Kier alpha value is -3.32. The maximum absolute atomic E-state index is 13.2. The largest absolute Gasteiger partial charge is 0.490 e. The Morgan fingerprint density at radius 2 is 1.48 bits per heavy atom. The van der Waals surface area contributed by atoms with E-state index < -0.39 is 0 Å². The molecule has 0 aliphatic heterocycles. The molecule has 6 nitrogen and oxygen atoms in total. The molecule has 0 unspecified atom stereocenters. The number of ether oxygens (including phenoxy) is 3. The molecule has 0 aliphatic carbocycles. The Bertz CT molecular complexity index is 1100. The minimum absolute atomic E-state index is 0.323. The molecule has 0 heterocycles. The van der Waals surface area contributed by atoms with Crippen LogP contribution in [0.25, 0.3) is 10.8 Å². The van der Waals surface area contributed by atoms with Gasteiger partial charge in [-0.05, 0) is 63.5 Å². The van der Waals surface area contributed by atoms with Crippen molar-refractivity contribution in [2.24, 2.45) is 0 Å². The highest BCUT2D eigenvalue weighted by molar-refractivity contribution is 7.80. The van der Waals surface area contributed by atoms with E-state index in [1.54, 1.807) is 12.1 Å². The van der Waals surface area contributed by atoms with Crippen LogP contribution < -0.4 is 24.4 Å². The molecule has 174 valence electrons. The number of benzene rings is 3. The Balaban J connectivity index is 1.91. The first kappa shape index (κ1) is 24.3. The van der Waals surface area contributed by atoms with E-state index in [-0.39, 0.29) is 5.91 Å². The van der Waals surface area contributed by atoms with Gasteiger partial charge in [-0.15, -0.1) is 0 Å². The summed E-state index contributed by atoms with van der Waals surface area (Å²) >= 11 is 5.64. The maximum atomic E-state index is 13.2. The number of thiocarbonyl (C=S) groups is 1. The Labute approximate surface area is 200 Å². The molecular weight excluding hydrogens is 436 g/mol. The number of amides is 1. The molecule has 0 spiro atoms. The van der Waals surface area contributed by atoms with Gasteiger partial charge >= 0.3 is 0 Å². The lowest BCUT2D eigenvalue weighted by Crippen LogP contribution is -2.42. The highest BCUT2D eigenvalue weighted by atomic mass is 32.1. The van der Waals surface area contributed by atoms with Crippen LogP contribution in [0.5, 0.6) is 17.2 Å². The molecule has 33 heavy (non-hydrogen) atoms. The van der Waals surface area contributed by atoms with Crippen LogP contribution in [-0.2, 0) is 0 Å². The van der Waals surface area contributed by atoms with Crippen molar-refractivity contribution in [3.05, 3.63) is 60.2 Å². The topological polar surface area (TPSA) is 60.0 Å². The fourth-order valence-corrected chi connectivity index (χ4v) is 3.94. The minimum Gasteiger partial charge on any atom is -0.490 e. The first-order valence-corrected chi connectivity index (χ1v) is 11.6. The summed E-state index contributed by atoms with van der Waals surface area (Å²) in [5.74, 6) is 1.07. The van der Waals surface area contributed by atoms with Crippen LogP contribution in [0.3, 0.4) is 0 Å². The molecule has 0 fully saturated rings. The number of carbonyl (C=O) groups is 1. The molecule has 0 saturated carbocycles. The molecule has 3 aromatic rings. The summed E-state index contributed by atoms with van der Waals surface area (Å²) in [7, 11) is 0. The van der Waals surface area contributed by atoms with Crippen molar-refractivity contribution in [1.82, 2.24) is 5.32 Å². The standard InChI is InChI=1S/C26H30N2O4S/c1-5-28(21-15-11-13-18-12-9-10-14-20(18)21)26(33)27-25(29)19-16-22(30-6-2)24(32-8-4)23(17-19)31-7-3/h9-17H,5-8H2,1-4H3,(H,27,29,33). The predicted molar refractivity (Wildman–Crippen MR) is 137 cm³/mol. The van der Waals surface area contributed by atoms with Gasteiger partial charge in [-0.25, -0.2) is 0 Å². The van der Waals surface area contributed by atoms with Gasteiger partial charge in [0.15, 0.2) is 16.6 Å². The van der Waals surface area contributed by atoms with Gasteiger partial charge in [0.05, 0.1) is 25.5 Å². The van der Waals surface area contributed by atoms with E-state index in [0.717, 1.165) is 16.5 Å². The summed E-state index contributed by atoms with van der Waals surface area (Å²) < 4.78 is 17.2. The lowest BCUT2D eigenvalue weighted by molar-refractivity contribution is 0.0976. The van der Waals surface area contributed by atoms with E-state index in [1.165, 1.54) is 0 Å². The number of fused-ring (bicyclic) bond motifs is 1. The zero-order valence-electron chi connectivity index (χ0n) is 19.5. The van der Waals surface area contributed by atoms with Crippen LogP contribution in [-0.4, -0.2) is 37.4 Å². The molecule has 7 heteroatoms. The molecule has 1 amide bonds. The first-order chi connectivity index (χ1) is 16.0. The second-order valence-electron chi connectivity index (χ2n) is 7.10. The van der Waals surface area contributed by atoms with E-state index in [9.17, 15) is 4.79 Å². The third-order valence-electron chi connectivity index (χ3n) is 5.01. The second kappa shape index (κ2) is 11.5. The van der Waals surface area contributed by atoms with E-state index in [1.807, 2.05) is 62.9 Å². The zero-order valence-corrected chi connectivity index (χ0v) is 20.3. The third-order valence-corrected chi connectivity index (χ3v) is 5.33. The van der Waals surface area contributed by atoms with Crippen molar-refractivity contribution in [2.75, 3.05) is 31.3 Å². The molecule has 0 atom stereocenters. The second-order valence-corrected chi connectivity index (χ2v) is 7.49. The molecule has 0 radical (unpaired) electrons. The van der Waals surface area contributed by atoms with Crippen molar-refractivity contribution < 1.29 is 19.0 Å². The van der Waals surface area contributed by atoms with Crippen LogP contribution in [0.4, 0.5) is 5.69 Å². The van der Waals surface area contributed by atoms with Gasteiger partial charge in [0.1, 0.15) is 0 Å².